The van der Waals surface area contributed by atoms with Gasteiger partial charge in [-0.15, -0.1) is 0 Å². The zero-order valence-electron chi connectivity index (χ0n) is 20.9. The van der Waals surface area contributed by atoms with Gasteiger partial charge in [-0.05, 0) is 47.4 Å². The Morgan fingerprint density at radius 2 is 1.61 bits per heavy atom. The monoisotopic (exact) mass is 487 g/mol. The molecule has 1 aromatic heterocycles. The van der Waals surface area contributed by atoms with Gasteiger partial charge in [0.15, 0.2) is 0 Å². The van der Waals surface area contributed by atoms with Crippen molar-refractivity contribution in [1.29, 1.82) is 0 Å². The van der Waals surface area contributed by atoms with E-state index >= 15 is 0 Å². The minimum absolute atomic E-state index is 0.0963. The van der Waals surface area contributed by atoms with Crippen molar-refractivity contribution in [1.82, 2.24) is 14.9 Å². The number of piperazine rings is 1. The van der Waals surface area contributed by atoms with Crippen LogP contribution in [0, 0.1) is 0 Å². The topological polar surface area (TPSA) is 87.7 Å². The molecule has 0 spiro atoms. The van der Waals surface area contributed by atoms with Crippen molar-refractivity contribution in [2.45, 2.75) is 32.6 Å². The molecule has 1 aliphatic rings. The van der Waals surface area contributed by atoms with Crippen LogP contribution in [0.4, 0.5) is 11.6 Å². The van der Waals surface area contributed by atoms with E-state index in [1.165, 1.54) is 5.56 Å². The molecule has 1 N–H and O–H groups in total. The Morgan fingerprint density at radius 3 is 2.25 bits per heavy atom. The van der Waals surface area contributed by atoms with Gasteiger partial charge in [0, 0.05) is 44.3 Å². The van der Waals surface area contributed by atoms with Crippen molar-refractivity contribution in [3.63, 3.8) is 0 Å². The van der Waals surface area contributed by atoms with Crippen LogP contribution in [0.25, 0.3) is 0 Å². The summed E-state index contributed by atoms with van der Waals surface area (Å²) in [7, 11) is 0. The number of hydrogen-bond acceptors (Lipinski definition) is 6. The number of carbonyl (C=O) groups is 2. The Morgan fingerprint density at radius 1 is 0.944 bits per heavy atom. The van der Waals surface area contributed by atoms with Crippen LogP contribution in [0.5, 0.6) is 5.75 Å². The van der Waals surface area contributed by atoms with Gasteiger partial charge in [-0.3, -0.25) is 9.59 Å². The van der Waals surface area contributed by atoms with Crippen LogP contribution in [0.2, 0.25) is 0 Å². The summed E-state index contributed by atoms with van der Waals surface area (Å²) < 4.78 is 5.69. The van der Waals surface area contributed by atoms with Gasteiger partial charge in [0.2, 0.25) is 17.8 Å². The summed E-state index contributed by atoms with van der Waals surface area (Å²) >= 11 is 0. The van der Waals surface area contributed by atoms with Crippen molar-refractivity contribution in [3.8, 4) is 5.75 Å². The Kier molecular flexibility index (Phi) is 8.49. The molecule has 0 unspecified atom stereocenters. The van der Waals surface area contributed by atoms with Gasteiger partial charge in [-0.2, -0.15) is 0 Å². The van der Waals surface area contributed by atoms with E-state index in [1.807, 2.05) is 53.4 Å². The van der Waals surface area contributed by atoms with E-state index in [0.717, 1.165) is 11.3 Å². The Balaban J connectivity index is 1.17. The summed E-state index contributed by atoms with van der Waals surface area (Å²) in [6.45, 7) is 7.33. The molecular weight excluding hydrogens is 454 g/mol. The highest BCUT2D eigenvalue weighted by Gasteiger charge is 2.22. The molecule has 0 atom stereocenters. The number of ether oxygens (including phenoxy) is 1. The molecule has 1 fully saturated rings. The number of carbonyl (C=O) groups excluding carboxylic acids is 2. The molecule has 36 heavy (non-hydrogen) atoms. The van der Waals surface area contributed by atoms with Crippen LogP contribution >= 0.6 is 0 Å². The fourth-order valence-electron chi connectivity index (χ4n) is 4.04. The van der Waals surface area contributed by atoms with Gasteiger partial charge in [-0.1, -0.05) is 38.1 Å². The average Bonchev–Trinajstić information content (AvgIpc) is 2.90. The smallest absolute Gasteiger partial charge is 0.227 e. The molecular formula is C28H33N5O3. The number of anilines is 2. The quantitative estimate of drug-likeness (QED) is 0.493. The molecule has 4 rings (SSSR count). The molecule has 0 bridgehead atoms. The predicted molar refractivity (Wildman–Crippen MR) is 140 cm³/mol. The first-order valence-corrected chi connectivity index (χ1v) is 12.4. The SMILES string of the molecule is CC(C)c1ccc(OCCC(=O)Nc2ccc(CC(=O)N3CCN(c4ncccn4)CC3)cc2)cc1. The molecule has 2 heterocycles. The number of nitrogens with zero attached hydrogens (tertiary/aromatic N) is 4. The standard InChI is InChI=1S/C28H33N5O3/c1-21(2)23-6-10-25(11-7-23)36-19-12-26(34)31-24-8-4-22(5-9-24)20-27(35)32-15-17-33(18-16-32)28-29-13-3-14-30-28/h3-11,13-14,21H,12,15-20H2,1-2H3,(H,31,34). The fraction of sp³-hybridized carbons (Fsp3) is 0.357. The second-order valence-corrected chi connectivity index (χ2v) is 9.16. The molecule has 188 valence electrons. The van der Waals surface area contributed by atoms with Crippen molar-refractivity contribution >= 4 is 23.5 Å². The number of amides is 2. The third kappa shape index (κ3) is 7.04. The lowest BCUT2D eigenvalue weighted by Crippen LogP contribution is -2.49. The number of aromatic nitrogens is 2. The molecule has 0 aliphatic carbocycles. The largest absolute Gasteiger partial charge is 0.493 e. The molecule has 0 radical (unpaired) electrons. The molecule has 1 saturated heterocycles. The van der Waals surface area contributed by atoms with Crippen LogP contribution in [0.3, 0.4) is 0 Å². The lowest BCUT2D eigenvalue weighted by molar-refractivity contribution is -0.130. The first-order chi connectivity index (χ1) is 17.5. The zero-order valence-corrected chi connectivity index (χ0v) is 20.9. The normalized spacial score (nSPS) is 13.5. The second-order valence-electron chi connectivity index (χ2n) is 9.16. The predicted octanol–water partition coefficient (Wildman–Crippen LogP) is 3.90. The van der Waals surface area contributed by atoms with Gasteiger partial charge in [0.25, 0.3) is 0 Å². The average molecular weight is 488 g/mol. The number of hydrogen-bond donors (Lipinski definition) is 1. The second kappa shape index (κ2) is 12.2. The fourth-order valence-corrected chi connectivity index (χ4v) is 4.04. The highest BCUT2D eigenvalue weighted by Crippen LogP contribution is 2.19. The Hall–Kier alpha value is -3.94. The summed E-state index contributed by atoms with van der Waals surface area (Å²) in [5.41, 5.74) is 2.87. The third-order valence-electron chi connectivity index (χ3n) is 6.21. The Labute approximate surface area is 212 Å². The summed E-state index contributed by atoms with van der Waals surface area (Å²) in [5.74, 6) is 1.92. The minimum atomic E-state index is -0.113. The van der Waals surface area contributed by atoms with Gasteiger partial charge >= 0.3 is 0 Å². The summed E-state index contributed by atoms with van der Waals surface area (Å²) in [6, 6.07) is 17.2. The molecule has 8 heteroatoms. The van der Waals surface area contributed by atoms with Crippen LogP contribution < -0.4 is 15.0 Å². The zero-order chi connectivity index (χ0) is 25.3. The number of rotatable bonds is 9. The summed E-state index contributed by atoms with van der Waals surface area (Å²) in [5, 5.41) is 2.88. The molecule has 2 aromatic carbocycles. The van der Waals surface area contributed by atoms with Crippen molar-refractivity contribution in [2.75, 3.05) is 43.0 Å². The Bertz CT molecular complexity index is 1130. The van der Waals surface area contributed by atoms with Crippen LogP contribution in [-0.4, -0.2) is 59.5 Å². The molecule has 1 aliphatic heterocycles. The molecule has 0 saturated carbocycles. The van der Waals surface area contributed by atoms with Crippen LogP contribution in [0.1, 0.15) is 37.3 Å². The highest BCUT2D eigenvalue weighted by molar-refractivity contribution is 5.90. The molecule has 3 aromatic rings. The van der Waals surface area contributed by atoms with E-state index in [2.05, 4.69) is 34.0 Å². The van der Waals surface area contributed by atoms with Crippen molar-refractivity contribution in [2.24, 2.45) is 0 Å². The highest BCUT2D eigenvalue weighted by atomic mass is 16.5. The summed E-state index contributed by atoms with van der Waals surface area (Å²) in [4.78, 5) is 37.6. The third-order valence-corrected chi connectivity index (χ3v) is 6.21. The van der Waals surface area contributed by atoms with E-state index in [9.17, 15) is 9.59 Å². The van der Waals surface area contributed by atoms with Gasteiger partial charge in [-0.25, -0.2) is 9.97 Å². The maximum atomic E-state index is 12.8. The minimum Gasteiger partial charge on any atom is -0.493 e. The maximum Gasteiger partial charge on any atom is 0.227 e. The number of benzene rings is 2. The maximum absolute atomic E-state index is 12.8. The lowest BCUT2D eigenvalue weighted by atomic mass is 10.0. The first-order valence-electron chi connectivity index (χ1n) is 12.4. The van der Waals surface area contributed by atoms with Gasteiger partial charge < -0.3 is 19.9 Å². The van der Waals surface area contributed by atoms with Crippen LogP contribution in [0.15, 0.2) is 67.0 Å². The van der Waals surface area contributed by atoms with E-state index in [0.29, 0.717) is 56.8 Å². The van der Waals surface area contributed by atoms with E-state index in [1.54, 1.807) is 18.5 Å². The van der Waals surface area contributed by atoms with E-state index < -0.39 is 0 Å². The molecule has 2 amide bonds. The number of nitrogens with one attached hydrogen (secondary N) is 1. The van der Waals surface area contributed by atoms with Crippen molar-refractivity contribution < 1.29 is 14.3 Å². The van der Waals surface area contributed by atoms with Gasteiger partial charge in [0.1, 0.15) is 5.75 Å². The van der Waals surface area contributed by atoms with Crippen molar-refractivity contribution in [3.05, 3.63) is 78.1 Å². The lowest BCUT2D eigenvalue weighted by Gasteiger charge is -2.34. The van der Waals surface area contributed by atoms with E-state index in [-0.39, 0.29) is 18.2 Å². The first kappa shape index (κ1) is 25.2. The summed E-state index contributed by atoms with van der Waals surface area (Å²) in [6.07, 6.45) is 4.05. The van der Waals surface area contributed by atoms with Crippen LogP contribution in [-0.2, 0) is 16.0 Å². The van der Waals surface area contributed by atoms with Gasteiger partial charge in [0.05, 0.1) is 19.4 Å². The van der Waals surface area contributed by atoms with E-state index in [4.69, 9.17) is 4.74 Å². The molecule has 8 nitrogen and oxygen atoms in total.